The van der Waals surface area contributed by atoms with Crippen molar-refractivity contribution in [2.45, 2.75) is 82.3 Å². The predicted octanol–water partition coefficient (Wildman–Crippen LogP) is 6.10. The highest BCUT2D eigenvalue weighted by Gasteiger charge is 2.39. The van der Waals surface area contributed by atoms with Crippen LogP contribution >= 0.6 is 0 Å². The normalized spacial score (nSPS) is 17.6. The van der Waals surface area contributed by atoms with E-state index in [1.165, 1.54) is 47.5 Å². The van der Waals surface area contributed by atoms with Gasteiger partial charge < -0.3 is 14.8 Å². The second-order valence-corrected chi connectivity index (χ2v) is 13.8. The second-order valence-electron chi connectivity index (χ2n) is 12.0. The molecule has 1 N–H and O–H groups in total. The number of methoxy groups -OCH3 is 1. The summed E-state index contributed by atoms with van der Waals surface area (Å²) in [5.41, 5.74) is 5.01. The fraction of sp³-hybridized carbons (Fsp3) is 0.424. The van der Waals surface area contributed by atoms with Crippen molar-refractivity contribution >= 4 is 21.6 Å². The molecule has 1 aliphatic carbocycles. The van der Waals surface area contributed by atoms with Gasteiger partial charge in [-0.15, -0.1) is 0 Å². The number of ether oxygens (including phenoxy) is 2. The van der Waals surface area contributed by atoms with Crippen LogP contribution in [0.15, 0.2) is 65.6 Å². The van der Waals surface area contributed by atoms with Crippen LogP contribution in [-0.4, -0.2) is 34.1 Å². The molecular weight excluding hydrogens is 536 g/mol. The van der Waals surface area contributed by atoms with Crippen LogP contribution < -0.4 is 19.1 Å². The molecule has 8 heteroatoms. The van der Waals surface area contributed by atoms with E-state index in [2.05, 4.69) is 44.3 Å². The Labute approximate surface area is 243 Å². The number of nitrogens with zero attached hydrogens (tertiary/aromatic N) is 1. The first-order valence-corrected chi connectivity index (χ1v) is 15.9. The number of carbonyl (C=O) groups excluding carboxylic acids is 1. The molecule has 218 valence electrons. The van der Waals surface area contributed by atoms with Gasteiger partial charge in [-0.05, 0) is 96.2 Å². The Morgan fingerprint density at radius 3 is 2.39 bits per heavy atom. The molecule has 1 aliphatic heterocycles. The third kappa shape index (κ3) is 5.94. The summed E-state index contributed by atoms with van der Waals surface area (Å²) in [6, 6.07) is 18.1. The Kier molecular flexibility index (Phi) is 8.06. The van der Waals surface area contributed by atoms with E-state index < -0.39 is 16.1 Å². The molecular formula is C33H40N2O5S. The highest BCUT2D eigenvalue weighted by molar-refractivity contribution is 7.92. The molecule has 2 atom stereocenters. The van der Waals surface area contributed by atoms with Crippen molar-refractivity contribution in [1.29, 1.82) is 0 Å². The topological polar surface area (TPSA) is 84.9 Å². The molecule has 2 aliphatic rings. The molecule has 0 bridgehead atoms. The minimum atomic E-state index is -4.01. The fourth-order valence-corrected chi connectivity index (χ4v) is 7.08. The van der Waals surface area contributed by atoms with Crippen LogP contribution in [0.2, 0.25) is 0 Å². The lowest BCUT2D eigenvalue weighted by atomic mass is 9.86. The van der Waals surface area contributed by atoms with Crippen molar-refractivity contribution in [3.05, 3.63) is 82.9 Å². The molecule has 0 unspecified atom stereocenters. The van der Waals surface area contributed by atoms with E-state index >= 15 is 0 Å². The third-order valence-corrected chi connectivity index (χ3v) is 9.93. The monoisotopic (exact) mass is 576 g/mol. The van der Waals surface area contributed by atoms with Gasteiger partial charge in [0.05, 0.1) is 30.3 Å². The van der Waals surface area contributed by atoms with Crippen molar-refractivity contribution in [3.63, 3.8) is 0 Å². The molecule has 1 amide bonds. The number of fused-ring (bicyclic) bond motifs is 2. The first-order chi connectivity index (χ1) is 19.5. The molecule has 0 aromatic heterocycles. The highest BCUT2D eigenvalue weighted by atomic mass is 32.2. The molecule has 0 spiro atoms. The number of hydrogen-bond donors (Lipinski definition) is 1. The fourth-order valence-electron chi connectivity index (χ4n) is 5.61. The molecule has 1 heterocycles. The number of sulfonamides is 1. The third-order valence-electron chi connectivity index (χ3n) is 8.13. The molecule has 3 aromatic carbocycles. The lowest BCUT2D eigenvalue weighted by Crippen LogP contribution is -2.51. The van der Waals surface area contributed by atoms with Crippen molar-refractivity contribution in [3.8, 4) is 11.5 Å². The zero-order chi connectivity index (χ0) is 29.4. The minimum absolute atomic E-state index is 0.118. The number of anilines is 1. The number of benzene rings is 3. The number of amides is 1. The molecule has 0 saturated heterocycles. The summed E-state index contributed by atoms with van der Waals surface area (Å²) in [7, 11) is -2.47. The maximum absolute atomic E-state index is 14.0. The van der Waals surface area contributed by atoms with Crippen molar-refractivity contribution < 1.29 is 22.7 Å². The second kappa shape index (κ2) is 11.4. The number of carbonyl (C=O) groups is 1. The first kappa shape index (κ1) is 29.0. The van der Waals surface area contributed by atoms with E-state index in [0.717, 1.165) is 24.0 Å². The lowest BCUT2D eigenvalue weighted by molar-refractivity contribution is -0.128. The summed E-state index contributed by atoms with van der Waals surface area (Å²) in [6.07, 6.45) is 4.26. The van der Waals surface area contributed by atoms with Gasteiger partial charge in [0, 0.05) is 0 Å². The summed E-state index contributed by atoms with van der Waals surface area (Å²) in [4.78, 5) is 13.8. The maximum atomic E-state index is 14.0. The van der Waals surface area contributed by atoms with Crippen LogP contribution in [-0.2, 0) is 33.1 Å². The largest absolute Gasteiger partial charge is 0.497 e. The maximum Gasteiger partial charge on any atom is 0.264 e. The van der Waals surface area contributed by atoms with E-state index in [9.17, 15) is 13.2 Å². The molecule has 7 nitrogen and oxygen atoms in total. The number of nitrogens with one attached hydrogen (secondary N) is 1. The molecule has 41 heavy (non-hydrogen) atoms. The summed E-state index contributed by atoms with van der Waals surface area (Å²) in [5.74, 6) is 0.588. The standard InChI is InChI=1S/C33H40N2O5S/c1-6-28(24-12-11-22-9-7-8-10-23(22)19-24)34-32(36)31-21-35(41(37,38)27-16-14-26(39-5)15-17-27)29-20-25(33(2,3)4)13-18-30(29)40-31/h11-20,28,31H,6-10,21H2,1-5H3,(H,34,36)/t28-,31+/m0/s1. The number of rotatable bonds is 7. The van der Waals surface area contributed by atoms with Crippen LogP contribution in [0.25, 0.3) is 0 Å². The van der Waals surface area contributed by atoms with Crippen molar-refractivity contribution in [1.82, 2.24) is 5.32 Å². The average Bonchev–Trinajstić information content (AvgIpc) is 2.98. The van der Waals surface area contributed by atoms with Gasteiger partial charge in [-0.1, -0.05) is 52.0 Å². The van der Waals surface area contributed by atoms with Crippen LogP contribution in [0.1, 0.15) is 75.3 Å². The van der Waals surface area contributed by atoms with Gasteiger partial charge >= 0.3 is 0 Å². The van der Waals surface area contributed by atoms with Crippen LogP contribution in [0, 0.1) is 0 Å². The van der Waals surface area contributed by atoms with E-state index in [4.69, 9.17) is 9.47 Å². The van der Waals surface area contributed by atoms with Gasteiger partial charge in [0.1, 0.15) is 11.5 Å². The van der Waals surface area contributed by atoms with Gasteiger partial charge in [0.15, 0.2) is 6.10 Å². The Bertz CT molecular complexity index is 1530. The van der Waals surface area contributed by atoms with E-state index in [1.54, 1.807) is 18.2 Å². The average molecular weight is 577 g/mol. The van der Waals surface area contributed by atoms with Gasteiger partial charge in [0.2, 0.25) is 0 Å². The number of hydrogen-bond acceptors (Lipinski definition) is 5. The Hall–Kier alpha value is -3.52. The molecule has 5 rings (SSSR count). The lowest BCUT2D eigenvalue weighted by Gasteiger charge is -2.36. The first-order valence-electron chi connectivity index (χ1n) is 14.4. The number of aryl methyl sites for hydroxylation is 2. The van der Waals surface area contributed by atoms with Crippen LogP contribution in [0.3, 0.4) is 0 Å². The Morgan fingerprint density at radius 2 is 1.73 bits per heavy atom. The Balaban J connectivity index is 1.46. The van der Waals surface area contributed by atoms with Gasteiger partial charge in [0.25, 0.3) is 15.9 Å². The highest BCUT2D eigenvalue weighted by Crippen LogP contribution is 2.40. The molecule has 0 saturated carbocycles. The molecule has 3 aromatic rings. The van der Waals surface area contributed by atoms with Crippen LogP contribution in [0.4, 0.5) is 5.69 Å². The van der Waals surface area contributed by atoms with Gasteiger partial charge in [-0.3, -0.25) is 9.10 Å². The predicted molar refractivity (Wildman–Crippen MR) is 161 cm³/mol. The Morgan fingerprint density at radius 1 is 1.02 bits per heavy atom. The van der Waals surface area contributed by atoms with E-state index in [-0.39, 0.29) is 28.8 Å². The van der Waals surface area contributed by atoms with Gasteiger partial charge in [-0.2, -0.15) is 0 Å². The molecule has 0 fully saturated rings. The summed E-state index contributed by atoms with van der Waals surface area (Å²) < 4.78 is 40.7. The summed E-state index contributed by atoms with van der Waals surface area (Å²) >= 11 is 0. The van der Waals surface area contributed by atoms with Crippen molar-refractivity contribution in [2.24, 2.45) is 0 Å². The minimum Gasteiger partial charge on any atom is -0.497 e. The van der Waals surface area contributed by atoms with E-state index in [1.807, 2.05) is 19.1 Å². The summed E-state index contributed by atoms with van der Waals surface area (Å²) in [5, 5.41) is 3.15. The quantitative estimate of drug-likeness (QED) is 0.368. The van der Waals surface area contributed by atoms with Gasteiger partial charge in [-0.25, -0.2) is 8.42 Å². The zero-order valence-electron chi connectivity index (χ0n) is 24.6. The smallest absolute Gasteiger partial charge is 0.264 e. The van der Waals surface area contributed by atoms with Crippen molar-refractivity contribution in [2.75, 3.05) is 18.0 Å². The zero-order valence-corrected chi connectivity index (χ0v) is 25.4. The van der Waals surface area contributed by atoms with Crippen LogP contribution in [0.5, 0.6) is 11.5 Å². The molecule has 0 radical (unpaired) electrons. The van der Waals surface area contributed by atoms with E-state index in [0.29, 0.717) is 23.6 Å². The summed E-state index contributed by atoms with van der Waals surface area (Å²) in [6.45, 7) is 8.12. The SMILES string of the molecule is CC[C@H](NC(=O)[C@H]1CN(S(=O)(=O)c2ccc(OC)cc2)c2cc(C(C)(C)C)ccc2O1)c1ccc2c(c1)CCCC2.